The predicted octanol–water partition coefficient (Wildman–Crippen LogP) is 0.00550. The lowest BCUT2D eigenvalue weighted by molar-refractivity contribution is 0.999. The van der Waals surface area contributed by atoms with Crippen LogP contribution in [0.1, 0.15) is 0 Å². The minimum atomic E-state index is -0.353. The smallest absolute Gasteiger partial charge is 0.265 e. The van der Waals surface area contributed by atoms with Crippen molar-refractivity contribution in [3.05, 3.63) is 21.4 Å². The molecule has 0 saturated heterocycles. The molecular formula is C4H4ClN3O. The second-order valence-corrected chi connectivity index (χ2v) is 1.87. The number of hydrogen-bond acceptors (Lipinski definition) is 3. The van der Waals surface area contributed by atoms with Gasteiger partial charge in [-0.05, 0) is 0 Å². The Balaban J connectivity index is 3.34. The van der Waals surface area contributed by atoms with Gasteiger partial charge in [-0.25, -0.2) is 5.10 Å². The van der Waals surface area contributed by atoms with Crippen LogP contribution in [0.3, 0.4) is 0 Å². The lowest BCUT2D eigenvalue weighted by Gasteiger charge is -1.90. The Hall–Kier alpha value is -1.03. The van der Waals surface area contributed by atoms with Crippen molar-refractivity contribution in [3.8, 4) is 0 Å². The number of aromatic nitrogens is 2. The molecule has 0 bridgehead atoms. The zero-order valence-electron chi connectivity index (χ0n) is 4.39. The molecular weight excluding hydrogens is 142 g/mol. The zero-order chi connectivity index (χ0) is 6.85. The van der Waals surface area contributed by atoms with Crippen molar-refractivity contribution in [2.24, 2.45) is 0 Å². The van der Waals surface area contributed by atoms with Gasteiger partial charge in [0.25, 0.3) is 5.56 Å². The van der Waals surface area contributed by atoms with Gasteiger partial charge in [-0.15, -0.1) is 0 Å². The fourth-order valence-corrected chi connectivity index (χ4v) is 0.531. The molecule has 0 aliphatic heterocycles. The number of anilines is 1. The number of hydrogen-bond donors (Lipinski definition) is 2. The molecule has 0 unspecified atom stereocenters. The molecule has 0 aliphatic rings. The summed E-state index contributed by atoms with van der Waals surface area (Å²) in [5, 5.41) is 5.69. The molecule has 1 rings (SSSR count). The maximum atomic E-state index is 10.4. The summed E-state index contributed by atoms with van der Waals surface area (Å²) in [7, 11) is 0. The van der Waals surface area contributed by atoms with Crippen molar-refractivity contribution in [1.29, 1.82) is 0 Å². The molecule has 5 heteroatoms. The van der Waals surface area contributed by atoms with Crippen molar-refractivity contribution in [2.75, 3.05) is 5.73 Å². The first-order valence-electron chi connectivity index (χ1n) is 2.21. The fraction of sp³-hybridized carbons (Fsp3) is 0. The lowest BCUT2D eigenvalue weighted by atomic mass is 10.5. The summed E-state index contributed by atoms with van der Waals surface area (Å²) in [5.41, 5.74) is 4.82. The Morgan fingerprint density at radius 1 is 1.78 bits per heavy atom. The van der Waals surface area contributed by atoms with Crippen LogP contribution in [-0.2, 0) is 0 Å². The number of rotatable bonds is 0. The molecule has 0 radical (unpaired) electrons. The minimum Gasteiger partial charge on any atom is -0.381 e. The maximum Gasteiger partial charge on any atom is 0.265 e. The average Bonchev–Trinajstić information content (AvgIpc) is 1.80. The van der Waals surface area contributed by atoms with Crippen molar-refractivity contribution in [2.45, 2.75) is 0 Å². The first-order valence-corrected chi connectivity index (χ1v) is 2.58. The fourth-order valence-electron chi connectivity index (χ4n) is 0.390. The highest BCUT2D eigenvalue weighted by Gasteiger charge is 1.94. The second kappa shape index (κ2) is 2.06. The minimum absolute atomic E-state index is 0.135. The Morgan fingerprint density at radius 3 is 2.89 bits per heavy atom. The number of nitrogen functional groups attached to an aromatic ring is 1. The van der Waals surface area contributed by atoms with E-state index in [4.69, 9.17) is 17.3 Å². The summed E-state index contributed by atoms with van der Waals surface area (Å²) in [6.07, 6.45) is 0. The molecule has 1 aromatic rings. The lowest BCUT2D eigenvalue weighted by Crippen LogP contribution is -2.08. The quantitative estimate of drug-likeness (QED) is 0.540. The van der Waals surface area contributed by atoms with Crippen LogP contribution in [0.5, 0.6) is 0 Å². The molecule has 0 atom stereocenters. The highest BCUT2D eigenvalue weighted by atomic mass is 35.5. The molecule has 0 saturated carbocycles. The van der Waals surface area contributed by atoms with Crippen LogP contribution >= 0.6 is 11.6 Å². The predicted molar refractivity (Wildman–Crippen MR) is 34.3 cm³/mol. The average molecular weight is 146 g/mol. The van der Waals surface area contributed by atoms with Crippen LogP contribution < -0.4 is 11.3 Å². The molecule has 0 fully saturated rings. The summed E-state index contributed by atoms with van der Waals surface area (Å²) in [6.45, 7) is 0. The van der Waals surface area contributed by atoms with Gasteiger partial charge < -0.3 is 5.73 Å². The molecule has 3 N–H and O–H groups in total. The molecule has 1 aromatic heterocycles. The van der Waals surface area contributed by atoms with Crippen LogP contribution in [0.25, 0.3) is 0 Å². The Morgan fingerprint density at radius 2 is 2.44 bits per heavy atom. The van der Waals surface area contributed by atoms with Gasteiger partial charge in [0.2, 0.25) is 0 Å². The maximum absolute atomic E-state index is 10.4. The Labute approximate surface area is 55.6 Å². The molecule has 1 heterocycles. The van der Waals surface area contributed by atoms with Gasteiger partial charge in [-0.3, -0.25) is 4.79 Å². The summed E-state index contributed by atoms with van der Waals surface area (Å²) >= 11 is 5.41. The Bertz CT molecular complexity index is 269. The highest BCUT2D eigenvalue weighted by Crippen LogP contribution is 2.09. The van der Waals surface area contributed by atoms with E-state index >= 15 is 0 Å². The van der Waals surface area contributed by atoms with E-state index in [2.05, 4.69) is 10.2 Å². The van der Waals surface area contributed by atoms with E-state index < -0.39 is 0 Å². The highest BCUT2D eigenvalue weighted by molar-refractivity contribution is 6.32. The van der Waals surface area contributed by atoms with Gasteiger partial charge in [0.15, 0.2) is 5.82 Å². The van der Waals surface area contributed by atoms with Crippen LogP contribution in [0.15, 0.2) is 10.9 Å². The molecule has 48 valence electrons. The van der Waals surface area contributed by atoms with Gasteiger partial charge in [0.05, 0.1) is 5.02 Å². The normalized spacial score (nSPS) is 9.44. The van der Waals surface area contributed by atoms with Gasteiger partial charge in [-0.2, -0.15) is 5.10 Å². The number of H-pyrrole nitrogens is 1. The van der Waals surface area contributed by atoms with E-state index in [0.29, 0.717) is 0 Å². The van der Waals surface area contributed by atoms with Gasteiger partial charge in [0, 0.05) is 6.07 Å². The second-order valence-electron chi connectivity index (χ2n) is 1.47. The van der Waals surface area contributed by atoms with Crippen molar-refractivity contribution in [1.82, 2.24) is 10.2 Å². The SMILES string of the molecule is Nc1n[nH]c(=O)cc1Cl. The van der Waals surface area contributed by atoms with Gasteiger partial charge in [0.1, 0.15) is 0 Å². The zero-order valence-corrected chi connectivity index (χ0v) is 5.14. The summed E-state index contributed by atoms with van der Waals surface area (Å²) in [4.78, 5) is 10.4. The van der Waals surface area contributed by atoms with Crippen LogP contribution in [0.2, 0.25) is 5.02 Å². The molecule has 0 aromatic carbocycles. The number of aromatic amines is 1. The molecule has 0 spiro atoms. The number of nitrogens with two attached hydrogens (primary N) is 1. The number of nitrogens with zero attached hydrogens (tertiary/aromatic N) is 1. The van der Waals surface area contributed by atoms with Gasteiger partial charge >= 0.3 is 0 Å². The van der Waals surface area contributed by atoms with E-state index in [0.717, 1.165) is 0 Å². The summed E-state index contributed by atoms with van der Waals surface area (Å²) < 4.78 is 0. The van der Waals surface area contributed by atoms with E-state index in [1.54, 1.807) is 0 Å². The third-order valence-electron chi connectivity index (χ3n) is 0.789. The van der Waals surface area contributed by atoms with Crippen molar-refractivity contribution in [3.63, 3.8) is 0 Å². The van der Waals surface area contributed by atoms with Gasteiger partial charge in [-0.1, -0.05) is 11.6 Å². The van der Waals surface area contributed by atoms with Crippen LogP contribution in [0.4, 0.5) is 5.82 Å². The van der Waals surface area contributed by atoms with E-state index in [-0.39, 0.29) is 16.4 Å². The van der Waals surface area contributed by atoms with E-state index in [9.17, 15) is 4.79 Å². The monoisotopic (exact) mass is 145 g/mol. The van der Waals surface area contributed by atoms with Crippen molar-refractivity contribution >= 4 is 17.4 Å². The third kappa shape index (κ3) is 1.20. The van der Waals surface area contributed by atoms with E-state index in [1.165, 1.54) is 6.07 Å². The summed E-state index contributed by atoms with van der Waals surface area (Å²) in [5.74, 6) is 0.135. The third-order valence-corrected chi connectivity index (χ3v) is 1.09. The van der Waals surface area contributed by atoms with Crippen molar-refractivity contribution < 1.29 is 0 Å². The molecule has 0 aliphatic carbocycles. The molecule has 4 nitrogen and oxygen atoms in total. The largest absolute Gasteiger partial charge is 0.381 e. The molecule has 0 amide bonds. The standard InChI is InChI=1S/C4H4ClN3O/c5-2-1-3(9)7-8-4(2)6/h1H,(H2,6,8)(H,7,9). The van der Waals surface area contributed by atoms with Crippen LogP contribution in [0, 0.1) is 0 Å². The topological polar surface area (TPSA) is 71.8 Å². The van der Waals surface area contributed by atoms with Crippen LogP contribution in [-0.4, -0.2) is 10.2 Å². The summed E-state index contributed by atoms with van der Waals surface area (Å²) in [6, 6.07) is 1.17. The number of halogens is 1. The Kier molecular flexibility index (Phi) is 1.40. The van der Waals surface area contributed by atoms with E-state index in [1.807, 2.05) is 0 Å². The molecule has 9 heavy (non-hydrogen) atoms. The number of nitrogens with one attached hydrogen (secondary N) is 1. The first-order chi connectivity index (χ1) is 4.20. The first kappa shape index (κ1) is 6.10.